The second kappa shape index (κ2) is 8.13. The minimum absolute atomic E-state index is 0.569. The second-order valence-corrected chi connectivity index (χ2v) is 6.04. The summed E-state index contributed by atoms with van der Waals surface area (Å²) in [5.74, 6) is 0. The van der Waals surface area contributed by atoms with Crippen LogP contribution in [-0.2, 0) is 4.74 Å². The fraction of sp³-hybridized carbons (Fsp3) is 1.00. The van der Waals surface area contributed by atoms with Gasteiger partial charge in [0.15, 0.2) is 0 Å². The first kappa shape index (κ1) is 14.3. The standard InChI is InChI=1S/C15H30N2O/c1-17-11-5-7-14(13-17)16-10-6-12-18-15-8-3-2-4-9-15/h14-16H,2-13H2,1H3. The van der Waals surface area contributed by atoms with Crippen molar-refractivity contribution in [2.75, 3.05) is 33.3 Å². The smallest absolute Gasteiger partial charge is 0.0575 e. The molecule has 1 unspecified atom stereocenters. The van der Waals surface area contributed by atoms with Crippen LogP contribution in [0.25, 0.3) is 0 Å². The third kappa shape index (κ3) is 5.25. The highest BCUT2D eigenvalue weighted by atomic mass is 16.5. The highest BCUT2D eigenvalue weighted by Gasteiger charge is 2.16. The molecule has 0 bridgehead atoms. The lowest BCUT2D eigenvalue weighted by Crippen LogP contribution is -2.44. The minimum Gasteiger partial charge on any atom is -0.378 e. The molecule has 1 aliphatic carbocycles. The van der Waals surface area contributed by atoms with E-state index >= 15 is 0 Å². The monoisotopic (exact) mass is 254 g/mol. The lowest BCUT2D eigenvalue weighted by molar-refractivity contribution is 0.0268. The van der Waals surface area contributed by atoms with Gasteiger partial charge in [-0.2, -0.15) is 0 Å². The van der Waals surface area contributed by atoms with E-state index in [0.29, 0.717) is 12.1 Å². The number of nitrogens with zero attached hydrogens (tertiary/aromatic N) is 1. The van der Waals surface area contributed by atoms with Crippen molar-refractivity contribution < 1.29 is 4.74 Å². The van der Waals surface area contributed by atoms with Crippen LogP contribution >= 0.6 is 0 Å². The van der Waals surface area contributed by atoms with Gasteiger partial charge in [-0.1, -0.05) is 19.3 Å². The van der Waals surface area contributed by atoms with Crippen LogP contribution in [0.15, 0.2) is 0 Å². The average Bonchev–Trinajstić information content (AvgIpc) is 2.40. The molecule has 1 N–H and O–H groups in total. The first-order chi connectivity index (χ1) is 8.84. The van der Waals surface area contributed by atoms with Crippen LogP contribution in [0.5, 0.6) is 0 Å². The van der Waals surface area contributed by atoms with Crippen LogP contribution < -0.4 is 5.32 Å². The Morgan fingerprint density at radius 3 is 2.72 bits per heavy atom. The summed E-state index contributed by atoms with van der Waals surface area (Å²) < 4.78 is 5.94. The number of hydrogen-bond donors (Lipinski definition) is 1. The molecular weight excluding hydrogens is 224 g/mol. The fourth-order valence-corrected chi connectivity index (χ4v) is 3.19. The molecule has 0 radical (unpaired) electrons. The molecule has 18 heavy (non-hydrogen) atoms. The first-order valence-corrected chi connectivity index (χ1v) is 7.88. The molecule has 1 aliphatic heterocycles. The van der Waals surface area contributed by atoms with Gasteiger partial charge in [0.25, 0.3) is 0 Å². The zero-order valence-electron chi connectivity index (χ0n) is 12.0. The Labute approximate surface area is 112 Å². The van der Waals surface area contributed by atoms with Crippen molar-refractivity contribution in [3.05, 3.63) is 0 Å². The minimum atomic E-state index is 0.569. The topological polar surface area (TPSA) is 24.5 Å². The number of piperidine rings is 1. The van der Waals surface area contributed by atoms with Crippen LogP contribution in [-0.4, -0.2) is 50.3 Å². The first-order valence-electron chi connectivity index (χ1n) is 7.88. The zero-order chi connectivity index (χ0) is 12.6. The third-order valence-corrected chi connectivity index (χ3v) is 4.28. The van der Waals surface area contributed by atoms with Crippen molar-refractivity contribution in [2.45, 2.75) is 63.5 Å². The van der Waals surface area contributed by atoms with Crippen molar-refractivity contribution in [3.63, 3.8) is 0 Å². The van der Waals surface area contributed by atoms with E-state index in [1.54, 1.807) is 0 Å². The molecule has 2 rings (SSSR count). The SMILES string of the molecule is CN1CCCC(NCCCOC2CCCCC2)C1. The van der Waals surface area contributed by atoms with Gasteiger partial charge < -0.3 is 15.0 Å². The molecule has 2 aliphatic rings. The van der Waals surface area contributed by atoms with Crippen molar-refractivity contribution in [1.29, 1.82) is 0 Å². The van der Waals surface area contributed by atoms with Gasteiger partial charge in [0, 0.05) is 19.2 Å². The number of nitrogens with one attached hydrogen (secondary N) is 1. The number of rotatable bonds is 6. The van der Waals surface area contributed by atoms with Crippen LogP contribution in [0.2, 0.25) is 0 Å². The summed E-state index contributed by atoms with van der Waals surface area (Å²) in [5, 5.41) is 3.67. The second-order valence-electron chi connectivity index (χ2n) is 6.04. The van der Waals surface area contributed by atoms with E-state index in [1.807, 2.05) is 0 Å². The van der Waals surface area contributed by atoms with E-state index in [9.17, 15) is 0 Å². The Morgan fingerprint density at radius 2 is 1.94 bits per heavy atom. The third-order valence-electron chi connectivity index (χ3n) is 4.28. The summed E-state index contributed by atoms with van der Waals surface area (Å²) in [6.07, 6.45) is 11.2. The van der Waals surface area contributed by atoms with E-state index in [0.717, 1.165) is 19.6 Å². The van der Waals surface area contributed by atoms with Crippen LogP contribution in [0.1, 0.15) is 51.4 Å². The van der Waals surface area contributed by atoms with E-state index in [-0.39, 0.29) is 0 Å². The Hall–Kier alpha value is -0.120. The highest BCUT2D eigenvalue weighted by Crippen LogP contribution is 2.20. The molecule has 0 amide bonds. The van der Waals surface area contributed by atoms with Crippen molar-refractivity contribution in [1.82, 2.24) is 10.2 Å². The molecule has 0 aromatic rings. The molecule has 1 saturated carbocycles. The largest absolute Gasteiger partial charge is 0.378 e. The maximum Gasteiger partial charge on any atom is 0.0575 e. The van der Waals surface area contributed by atoms with E-state index in [2.05, 4.69) is 17.3 Å². The van der Waals surface area contributed by atoms with Crippen LogP contribution in [0.4, 0.5) is 0 Å². The number of ether oxygens (including phenoxy) is 1. The predicted octanol–water partition coefficient (Wildman–Crippen LogP) is 2.41. The number of hydrogen-bond acceptors (Lipinski definition) is 3. The normalized spacial score (nSPS) is 27.5. The van der Waals surface area contributed by atoms with Gasteiger partial charge in [0.1, 0.15) is 0 Å². The quantitative estimate of drug-likeness (QED) is 0.737. The summed E-state index contributed by atoms with van der Waals surface area (Å²) in [5.41, 5.74) is 0. The average molecular weight is 254 g/mol. The summed E-state index contributed by atoms with van der Waals surface area (Å²) >= 11 is 0. The summed E-state index contributed by atoms with van der Waals surface area (Å²) in [6, 6.07) is 0.707. The number of likely N-dealkylation sites (tertiary alicyclic amines) is 1. The van der Waals surface area contributed by atoms with Gasteiger partial charge in [-0.15, -0.1) is 0 Å². The predicted molar refractivity (Wildman–Crippen MR) is 76.0 cm³/mol. The van der Waals surface area contributed by atoms with Gasteiger partial charge in [-0.05, 0) is 52.2 Å². The molecule has 0 aromatic carbocycles. The Morgan fingerprint density at radius 1 is 1.11 bits per heavy atom. The fourth-order valence-electron chi connectivity index (χ4n) is 3.19. The van der Waals surface area contributed by atoms with Gasteiger partial charge in [-0.3, -0.25) is 0 Å². The zero-order valence-corrected chi connectivity index (χ0v) is 12.0. The Balaban J connectivity index is 1.45. The van der Waals surface area contributed by atoms with Crippen molar-refractivity contribution in [3.8, 4) is 0 Å². The summed E-state index contributed by atoms with van der Waals surface area (Å²) in [7, 11) is 2.22. The highest BCUT2D eigenvalue weighted by molar-refractivity contribution is 4.76. The molecule has 0 spiro atoms. The lowest BCUT2D eigenvalue weighted by Gasteiger charge is -2.30. The molecule has 2 fully saturated rings. The van der Waals surface area contributed by atoms with Gasteiger partial charge >= 0.3 is 0 Å². The molecule has 0 aromatic heterocycles. The molecule has 1 heterocycles. The van der Waals surface area contributed by atoms with Crippen LogP contribution in [0.3, 0.4) is 0 Å². The van der Waals surface area contributed by atoms with E-state index in [4.69, 9.17) is 4.74 Å². The van der Waals surface area contributed by atoms with Gasteiger partial charge in [0.2, 0.25) is 0 Å². The van der Waals surface area contributed by atoms with Crippen molar-refractivity contribution >= 4 is 0 Å². The Kier molecular flexibility index (Phi) is 6.46. The Bertz CT molecular complexity index is 217. The van der Waals surface area contributed by atoms with E-state index < -0.39 is 0 Å². The maximum atomic E-state index is 5.94. The number of likely N-dealkylation sites (N-methyl/N-ethyl adjacent to an activating group) is 1. The molecule has 1 saturated heterocycles. The lowest BCUT2D eigenvalue weighted by atomic mass is 9.98. The van der Waals surface area contributed by atoms with Gasteiger partial charge in [-0.25, -0.2) is 0 Å². The van der Waals surface area contributed by atoms with E-state index in [1.165, 1.54) is 58.0 Å². The molecule has 3 heteroatoms. The molecule has 106 valence electrons. The molecular formula is C15H30N2O. The van der Waals surface area contributed by atoms with Crippen molar-refractivity contribution in [2.24, 2.45) is 0 Å². The molecule has 3 nitrogen and oxygen atoms in total. The maximum absolute atomic E-state index is 5.94. The summed E-state index contributed by atoms with van der Waals surface area (Å²) in [4.78, 5) is 2.43. The molecule has 1 atom stereocenters. The van der Waals surface area contributed by atoms with Crippen LogP contribution in [0, 0.1) is 0 Å². The van der Waals surface area contributed by atoms with Gasteiger partial charge in [0.05, 0.1) is 6.10 Å². The summed E-state index contributed by atoms with van der Waals surface area (Å²) in [6.45, 7) is 4.54.